The molecule has 0 unspecified atom stereocenters. The van der Waals surface area contributed by atoms with Crippen LogP contribution in [0.2, 0.25) is 0 Å². The van der Waals surface area contributed by atoms with E-state index in [9.17, 15) is 13.9 Å². The number of nitrogens with one attached hydrogen (secondary N) is 1. The molecule has 0 fully saturated rings. The molecule has 3 heterocycles. The number of rotatable bonds is 6. The second-order valence-corrected chi connectivity index (χ2v) is 6.49. The minimum Gasteiger partial charge on any atom is -0.380 e. The standard InChI is InChI=1S/C19H18F2N6O/c1-2-7-19(20,21)16(28)15-10-22-18-14(25-15)6-8-27(18)13-5-3-4-12(9-13)17-23-11-24-26-17/h3-6,8-11,16,28H,2,7H2,1H3,(H,23,24,26)/t16-/m1/s1. The number of halogens is 2. The molecule has 7 nitrogen and oxygen atoms in total. The summed E-state index contributed by atoms with van der Waals surface area (Å²) in [6.45, 7) is 1.64. The van der Waals surface area contributed by atoms with Crippen LogP contribution in [-0.4, -0.2) is 40.7 Å². The topological polar surface area (TPSA) is 92.5 Å². The van der Waals surface area contributed by atoms with Gasteiger partial charge < -0.3 is 5.11 Å². The maximum atomic E-state index is 14.0. The summed E-state index contributed by atoms with van der Waals surface area (Å²) in [6, 6.07) is 9.23. The van der Waals surface area contributed by atoms with Gasteiger partial charge in [-0.1, -0.05) is 25.5 Å². The highest BCUT2D eigenvalue weighted by atomic mass is 19.3. The van der Waals surface area contributed by atoms with Crippen molar-refractivity contribution < 1.29 is 13.9 Å². The van der Waals surface area contributed by atoms with Crippen molar-refractivity contribution in [1.29, 1.82) is 0 Å². The number of alkyl halides is 2. The van der Waals surface area contributed by atoms with Gasteiger partial charge in [0.2, 0.25) is 0 Å². The second kappa shape index (κ2) is 7.08. The third-order valence-corrected chi connectivity index (χ3v) is 4.48. The molecule has 0 saturated heterocycles. The Morgan fingerprint density at radius 3 is 2.86 bits per heavy atom. The summed E-state index contributed by atoms with van der Waals surface area (Å²) in [6.07, 6.45) is 2.25. The number of hydrogen-bond acceptors (Lipinski definition) is 5. The fourth-order valence-electron chi connectivity index (χ4n) is 3.10. The normalized spacial score (nSPS) is 13.1. The summed E-state index contributed by atoms with van der Waals surface area (Å²) < 4.78 is 29.8. The summed E-state index contributed by atoms with van der Waals surface area (Å²) in [5.74, 6) is -2.61. The lowest BCUT2D eigenvalue weighted by atomic mass is 10.1. The average Bonchev–Trinajstić information content (AvgIpc) is 3.37. The van der Waals surface area contributed by atoms with Crippen LogP contribution >= 0.6 is 0 Å². The smallest absolute Gasteiger partial charge is 0.279 e. The Bertz CT molecular complexity index is 1090. The molecule has 0 aliphatic carbocycles. The van der Waals surface area contributed by atoms with E-state index in [1.165, 1.54) is 12.5 Å². The van der Waals surface area contributed by atoms with Crippen molar-refractivity contribution in [3.8, 4) is 17.1 Å². The highest BCUT2D eigenvalue weighted by Crippen LogP contribution is 2.34. The molecular formula is C19H18F2N6O. The number of aliphatic hydroxyl groups excluding tert-OH is 1. The number of aromatic amines is 1. The third-order valence-electron chi connectivity index (χ3n) is 4.48. The molecule has 28 heavy (non-hydrogen) atoms. The van der Waals surface area contributed by atoms with Gasteiger partial charge in [-0.3, -0.25) is 9.67 Å². The van der Waals surface area contributed by atoms with Gasteiger partial charge in [0.25, 0.3) is 5.92 Å². The molecule has 0 radical (unpaired) electrons. The maximum absolute atomic E-state index is 14.0. The van der Waals surface area contributed by atoms with E-state index in [1.807, 2.05) is 24.3 Å². The summed E-state index contributed by atoms with van der Waals surface area (Å²) in [4.78, 5) is 12.6. The van der Waals surface area contributed by atoms with Crippen molar-refractivity contribution in [2.24, 2.45) is 0 Å². The molecule has 1 aromatic carbocycles. The zero-order valence-electron chi connectivity index (χ0n) is 15.0. The van der Waals surface area contributed by atoms with Gasteiger partial charge in [-0.2, -0.15) is 5.10 Å². The van der Waals surface area contributed by atoms with Gasteiger partial charge in [0, 0.05) is 23.9 Å². The van der Waals surface area contributed by atoms with Crippen LogP contribution in [-0.2, 0) is 0 Å². The van der Waals surface area contributed by atoms with Crippen LogP contribution in [0.1, 0.15) is 31.6 Å². The van der Waals surface area contributed by atoms with Crippen LogP contribution in [0.5, 0.6) is 0 Å². The minimum atomic E-state index is -3.24. The minimum absolute atomic E-state index is 0.140. The zero-order chi connectivity index (χ0) is 19.7. The molecule has 0 bridgehead atoms. The van der Waals surface area contributed by atoms with Crippen LogP contribution < -0.4 is 0 Å². The number of hydrogen-bond donors (Lipinski definition) is 2. The maximum Gasteiger partial charge on any atom is 0.279 e. The van der Waals surface area contributed by atoms with Gasteiger partial charge in [-0.05, 0) is 18.2 Å². The Kier molecular flexibility index (Phi) is 4.60. The first-order valence-corrected chi connectivity index (χ1v) is 8.85. The molecule has 144 valence electrons. The van der Waals surface area contributed by atoms with E-state index in [4.69, 9.17) is 0 Å². The van der Waals surface area contributed by atoms with E-state index in [2.05, 4.69) is 25.1 Å². The molecule has 0 aliphatic heterocycles. The van der Waals surface area contributed by atoms with Crippen molar-refractivity contribution in [2.45, 2.75) is 31.8 Å². The molecule has 4 aromatic rings. The molecule has 3 aromatic heterocycles. The lowest BCUT2D eigenvalue weighted by Crippen LogP contribution is -2.26. The highest BCUT2D eigenvalue weighted by Gasteiger charge is 2.39. The predicted octanol–water partition coefficient (Wildman–Crippen LogP) is 3.67. The predicted molar refractivity (Wildman–Crippen MR) is 99.1 cm³/mol. The number of benzene rings is 1. The molecule has 0 amide bonds. The summed E-state index contributed by atoms with van der Waals surface area (Å²) >= 11 is 0. The molecule has 0 saturated carbocycles. The van der Waals surface area contributed by atoms with Crippen LogP contribution in [0.25, 0.3) is 28.2 Å². The van der Waals surface area contributed by atoms with E-state index in [0.29, 0.717) is 17.0 Å². The van der Waals surface area contributed by atoms with Crippen LogP contribution in [0, 0.1) is 0 Å². The molecule has 9 heteroatoms. The lowest BCUT2D eigenvalue weighted by Gasteiger charge is -2.21. The first kappa shape index (κ1) is 18.2. The Morgan fingerprint density at radius 2 is 2.11 bits per heavy atom. The zero-order valence-corrected chi connectivity index (χ0v) is 15.0. The largest absolute Gasteiger partial charge is 0.380 e. The molecule has 4 rings (SSSR count). The molecule has 2 N–H and O–H groups in total. The lowest BCUT2D eigenvalue weighted by molar-refractivity contribution is -0.117. The first-order chi connectivity index (χ1) is 13.5. The average molecular weight is 384 g/mol. The summed E-state index contributed by atoms with van der Waals surface area (Å²) in [5, 5.41) is 16.7. The van der Waals surface area contributed by atoms with Crippen LogP contribution in [0.4, 0.5) is 8.78 Å². The van der Waals surface area contributed by atoms with E-state index < -0.39 is 18.4 Å². The Balaban J connectivity index is 1.70. The van der Waals surface area contributed by atoms with Crippen molar-refractivity contribution >= 4 is 11.2 Å². The molecule has 0 aliphatic rings. The highest BCUT2D eigenvalue weighted by molar-refractivity contribution is 5.74. The van der Waals surface area contributed by atoms with Gasteiger partial charge in [0.15, 0.2) is 17.6 Å². The first-order valence-electron chi connectivity index (χ1n) is 8.85. The van der Waals surface area contributed by atoms with Crippen molar-refractivity contribution in [1.82, 2.24) is 29.7 Å². The number of nitrogens with zero attached hydrogens (tertiary/aromatic N) is 5. The van der Waals surface area contributed by atoms with E-state index in [1.54, 1.807) is 23.8 Å². The van der Waals surface area contributed by atoms with E-state index in [0.717, 1.165) is 11.3 Å². The SMILES string of the molecule is CCCC(F)(F)[C@H](O)c1cnc2c(ccn2-c2cccc(-c3ncn[nH]3)c2)n1. The van der Waals surface area contributed by atoms with Crippen molar-refractivity contribution in [3.05, 3.63) is 54.7 Å². The summed E-state index contributed by atoms with van der Waals surface area (Å²) in [7, 11) is 0. The number of fused-ring (bicyclic) bond motifs is 1. The number of aromatic nitrogens is 6. The Morgan fingerprint density at radius 1 is 1.25 bits per heavy atom. The van der Waals surface area contributed by atoms with Gasteiger partial charge in [0.1, 0.15) is 11.8 Å². The van der Waals surface area contributed by atoms with Crippen LogP contribution in [0.15, 0.2) is 49.1 Å². The van der Waals surface area contributed by atoms with Gasteiger partial charge >= 0.3 is 0 Å². The van der Waals surface area contributed by atoms with E-state index >= 15 is 0 Å². The van der Waals surface area contributed by atoms with Gasteiger partial charge in [0.05, 0.1) is 11.9 Å². The number of aliphatic hydroxyl groups is 1. The summed E-state index contributed by atoms with van der Waals surface area (Å²) in [5.41, 5.74) is 2.44. The fraction of sp³-hybridized carbons (Fsp3) is 0.263. The van der Waals surface area contributed by atoms with Gasteiger partial charge in [-0.25, -0.2) is 23.7 Å². The molecular weight excluding hydrogens is 366 g/mol. The monoisotopic (exact) mass is 384 g/mol. The fourth-order valence-corrected chi connectivity index (χ4v) is 3.10. The van der Waals surface area contributed by atoms with E-state index in [-0.39, 0.29) is 12.1 Å². The quantitative estimate of drug-likeness (QED) is 0.529. The molecule has 0 spiro atoms. The van der Waals surface area contributed by atoms with Crippen molar-refractivity contribution in [3.63, 3.8) is 0 Å². The van der Waals surface area contributed by atoms with Gasteiger partial charge in [-0.15, -0.1) is 0 Å². The van der Waals surface area contributed by atoms with Crippen LogP contribution in [0.3, 0.4) is 0 Å². The Labute approximate surface area is 159 Å². The van der Waals surface area contributed by atoms with Crippen molar-refractivity contribution in [2.75, 3.05) is 0 Å². The third kappa shape index (κ3) is 3.24. The second-order valence-electron chi connectivity index (χ2n) is 6.49. The Hall–Kier alpha value is -3.20. The molecule has 1 atom stereocenters. The number of H-pyrrole nitrogens is 1.